The summed E-state index contributed by atoms with van der Waals surface area (Å²) in [4.78, 5) is 23.7. The number of rotatable bonds is 6. The van der Waals surface area contributed by atoms with Crippen molar-refractivity contribution in [2.45, 2.75) is 4.21 Å². The second-order valence-electron chi connectivity index (χ2n) is 5.64. The van der Waals surface area contributed by atoms with Crippen LogP contribution in [0.25, 0.3) is 0 Å². The summed E-state index contributed by atoms with van der Waals surface area (Å²) in [6, 6.07) is 15.5. The zero-order chi connectivity index (χ0) is 20.1. The van der Waals surface area contributed by atoms with Gasteiger partial charge in [0.25, 0.3) is 15.9 Å². The van der Waals surface area contributed by atoms with Gasteiger partial charge in [0.2, 0.25) is 0 Å². The van der Waals surface area contributed by atoms with Gasteiger partial charge >= 0.3 is 5.97 Å². The van der Waals surface area contributed by atoms with Crippen molar-refractivity contribution in [3.63, 3.8) is 0 Å². The maximum atomic E-state index is 12.3. The van der Waals surface area contributed by atoms with Gasteiger partial charge in [0, 0.05) is 16.9 Å². The number of hydrogen-bond donors (Lipinski definition) is 2. The Morgan fingerprint density at radius 3 is 2.07 bits per heavy atom. The smallest absolute Gasteiger partial charge is 0.337 e. The number of sulfonamides is 1. The molecule has 0 saturated heterocycles. The van der Waals surface area contributed by atoms with Crippen LogP contribution in [0.3, 0.4) is 0 Å². The Kier molecular flexibility index (Phi) is 5.76. The molecule has 0 aliphatic rings. The molecule has 3 rings (SSSR count). The van der Waals surface area contributed by atoms with E-state index >= 15 is 0 Å². The minimum atomic E-state index is -3.63. The van der Waals surface area contributed by atoms with Gasteiger partial charge in [-0.3, -0.25) is 9.52 Å². The van der Waals surface area contributed by atoms with Gasteiger partial charge in [0.15, 0.2) is 0 Å². The third kappa shape index (κ3) is 4.56. The fraction of sp³-hybridized carbons (Fsp3) is 0.0526. The van der Waals surface area contributed by atoms with Crippen LogP contribution >= 0.6 is 11.3 Å². The first-order valence-electron chi connectivity index (χ1n) is 8.05. The fourth-order valence-corrected chi connectivity index (χ4v) is 4.37. The second kappa shape index (κ2) is 8.24. The van der Waals surface area contributed by atoms with Crippen molar-refractivity contribution < 1.29 is 22.7 Å². The number of methoxy groups -OCH3 is 1. The molecule has 2 N–H and O–H groups in total. The number of hydrogen-bond acceptors (Lipinski definition) is 6. The summed E-state index contributed by atoms with van der Waals surface area (Å²) >= 11 is 1.12. The topological polar surface area (TPSA) is 102 Å². The lowest BCUT2D eigenvalue weighted by Gasteiger charge is -2.08. The molecule has 0 aliphatic carbocycles. The first-order chi connectivity index (χ1) is 13.4. The van der Waals surface area contributed by atoms with Gasteiger partial charge in [-0.15, -0.1) is 11.3 Å². The predicted octanol–water partition coefficient (Wildman–Crippen LogP) is 3.59. The number of ether oxygens (including phenoxy) is 1. The highest BCUT2D eigenvalue weighted by atomic mass is 32.2. The van der Waals surface area contributed by atoms with Crippen molar-refractivity contribution >= 4 is 44.6 Å². The van der Waals surface area contributed by atoms with E-state index in [-0.39, 0.29) is 10.1 Å². The van der Waals surface area contributed by atoms with Crippen molar-refractivity contribution in [2.75, 3.05) is 17.1 Å². The van der Waals surface area contributed by atoms with E-state index in [9.17, 15) is 18.0 Å². The van der Waals surface area contributed by atoms with E-state index in [2.05, 4.69) is 14.8 Å². The molecule has 3 aromatic rings. The first-order valence-corrected chi connectivity index (χ1v) is 10.4. The van der Waals surface area contributed by atoms with Crippen LogP contribution in [0.5, 0.6) is 0 Å². The lowest BCUT2D eigenvalue weighted by atomic mass is 10.1. The van der Waals surface area contributed by atoms with Gasteiger partial charge in [0.1, 0.15) is 4.21 Å². The number of anilines is 2. The molecule has 28 heavy (non-hydrogen) atoms. The van der Waals surface area contributed by atoms with Gasteiger partial charge in [0.05, 0.1) is 12.7 Å². The molecule has 1 amide bonds. The van der Waals surface area contributed by atoms with Crippen LogP contribution in [0, 0.1) is 0 Å². The van der Waals surface area contributed by atoms with Gasteiger partial charge in [-0.1, -0.05) is 6.07 Å². The molecular formula is C19H16N2O5S2. The van der Waals surface area contributed by atoms with Crippen LogP contribution in [0.15, 0.2) is 70.3 Å². The Balaban J connectivity index is 1.66. The molecule has 144 valence electrons. The summed E-state index contributed by atoms with van der Waals surface area (Å²) < 4.78 is 31.7. The molecule has 2 aromatic carbocycles. The third-order valence-corrected chi connectivity index (χ3v) is 6.50. The molecule has 1 aromatic heterocycles. The molecule has 0 bridgehead atoms. The third-order valence-electron chi connectivity index (χ3n) is 3.72. The minimum absolute atomic E-state index is 0.213. The lowest BCUT2D eigenvalue weighted by Crippen LogP contribution is -2.13. The summed E-state index contributed by atoms with van der Waals surface area (Å²) in [6.45, 7) is 0. The zero-order valence-electron chi connectivity index (χ0n) is 14.7. The van der Waals surface area contributed by atoms with Crippen molar-refractivity contribution in [3.8, 4) is 0 Å². The Morgan fingerprint density at radius 1 is 0.893 bits per heavy atom. The number of carbonyl (C=O) groups is 2. The zero-order valence-corrected chi connectivity index (χ0v) is 16.3. The van der Waals surface area contributed by atoms with E-state index in [0.717, 1.165) is 11.3 Å². The van der Waals surface area contributed by atoms with Crippen molar-refractivity contribution in [3.05, 3.63) is 77.2 Å². The van der Waals surface area contributed by atoms with E-state index in [1.165, 1.54) is 37.4 Å². The summed E-state index contributed by atoms with van der Waals surface area (Å²) in [7, 11) is -2.34. The highest BCUT2D eigenvalue weighted by Crippen LogP contribution is 2.21. The Morgan fingerprint density at radius 2 is 1.50 bits per heavy atom. The van der Waals surface area contributed by atoms with Gasteiger partial charge in [-0.2, -0.15) is 0 Å². The number of benzene rings is 2. The molecule has 7 nitrogen and oxygen atoms in total. The molecule has 0 unspecified atom stereocenters. The van der Waals surface area contributed by atoms with Gasteiger partial charge in [-0.25, -0.2) is 13.2 Å². The van der Waals surface area contributed by atoms with Gasteiger partial charge in [-0.05, 0) is 60.0 Å². The van der Waals surface area contributed by atoms with Crippen molar-refractivity contribution in [2.24, 2.45) is 0 Å². The fourth-order valence-electron chi connectivity index (χ4n) is 2.32. The van der Waals surface area contributed by atoms with E-state index in [1.54, 1.807) is 35.7 Å². The normalized spacial score (nSPS) is 10.9. The maximum Gasteiger partial charge on any atom is 0.337 e. The number of nitrogens with one attached hydrogen (secondary N) is 2. The van der Waals surface area contributed by atoms with Crippen LogP contribution in [-0.2, 0) is 14.8 Å². The quantitative estimate of drug-likeness (QED) is 0.598. The Bertz CT molecular complexity index is 1070. The number of thiophene rings is 1. The van der Waals surface area contributed by atoms with E-state index < -0.39 is 16.0 Å². The molecule has 0 saturated carbocycles. The average Bonchev–Trinajstić information content (AvgIpc) is 3.24. The Labute approximate surface area is 166 Å². The van der Waals surface area contributed by atoms with Crippen LogP contribution in [-0.4, -0.2) is 27.4 Å². The lowest BCUT2D eigenvalue weighted by molar-refractivity contribution is 0.0600. The van der Waals surface area contributed by atoms with Crippen LogP contribution < -0.4 is 10.0 Å². The highest BCUT2D eigenvalue weighted by Gasteiger charge is 2.15. The largest absolute Gasteiger partial charge is 0.465 e. The van der Waals surface area contributed by atoms with Crippen LogP contribution in [0.2, 0.25) is 0 Å². The number of carbonyl (C=O) groups excluding carboxylic acids is 2. The van der Waals surface area contributed by atoms with E-state index in [0.29, 0.717) is 22.5 Å². The van der Waals surface area contributed by atoms with Gasteiger partial charge < -0.3 is 10.1 Å². The molecule has 9 heteroatoms. The monoisotopic (exact) mass is 416 g/mol. The summed E-state index contributed by atoms with van der Waals surface area (Å²) in [5, 5.41) is 4.38. The number of amides is 1. The second-order valence-corrected chi connectivity index (χ2v) is 8.49. The predicted molar refractivity (Wildman–Crippen MR) is 107 cm³/mol. The van der Waals surface area contributed by atoms with Crippen LogP contribution in [0.1, 0.15) is 20.7 Å². The van der Waals surface area contributed by atoms with E-state index in [1.807, 2.05) is 0 Å². The summed E-state index contributed by atoms with van der Waals surface area (Å²) in [5.41, 5.74) is 1.60. The molecule has 0 radical (unpaired) electrons. The Hall–Kier alpha value is -3.17. The average molecular weight is 416 g/mol. The van der Waals surface area contributed by atoms with E-state index in [4.69, 9.17) is 0 Å². The molecule has 1 heterocycles. The molecule has 0 atom stereocenters. The summed E-state index contributed by atoms with van der Waals surface area (Å²) in [6.07, 6.45) is 0. The standard InChI is InChI=1S/C19H16N2O5S2/c1-26-19(23)14-6-8-15(9-7-14)20-18(22)13-4-10-16(11-5-13)21-28(24,25)17-3-2-12-27-17/h2-12,21H,1H3,(H,20,22). The molecule has 0 fully saturated rings. The van der Waals surface area contributed by atoms with Crippen molar-refractivity contribution in [1.29, 1.82) is 0 Å². The summed E-state index contributed by atoms with van der Waals surface area (Å²) in [5.74, 6) is -0.822. The first kappa shape index (κ1) is 19.6. The maximum absolute atomic E-state index is 12.3. The number of esters is 1. The van der Waals surface area contributed by atoms with Crippen molar-refractivity contribution in [1.82, 2.24) is 0 Å². The highest BCUT2D eigenvalue weighted by molar-refractivity contribution is 7.94. The minimum Gasteiger partial charge on any atom is -0.465 e. The molecular weight excluding hydrogens is 400 g/mol. The molecule has 0 aliphatic heterocycles. The molecule has 0 spiro atoms. The SMILES string of the molecule is COC(=O)c1ccc(NC(=O)c2ccc(NS(=O)(=O)c3cccs3)cc2)cc1. The van der Waals surface area contributed by atoms with Crippen LogP contribution in [0.4, 0.5) is 11.4 Å².